The smallest absolute Gasteiger partial charge is 0.303 e. The average molecular weight is 338 g/mol. The fourth-order valence-corrected chi connectivity index (χ4v) is 5.59. The summed E-state index contributed by atoms with van der Waals surface area (Å²) in [5.41, 5.74) is 0.981. The Kier molecular flexibility index (Phi) is 5.51. The number of hydrogen-bond acceptors (Lipinski definition) is 3. The molecular weight excluding hydrogens is 304 g/mol. The number of rotatable bonds is 5. The molecular formula is C20H34O4. The van der Waals surface area contributed by atoms with Crippen LogP contribution in [0.3, 0.4) is 0 Å². The molecule has 0 aromatic carbocycles. The number of fused-ring (bicyclic) bond motifs is 1. The fourth-order valence-electron chi connectivity index (χ4n) is 5.59. The van der Waals surface area contributed by atoms with Crippen molar-refractivity contribution in [2.45, 2.75) is 78.9 Å². The van der Waals surface area contributed by atoms with Crippen LogP contribution in [-0.4, -0.2) is 33.5 Å². The second-order valence-electron chi connectivity index (χ2n) is 9.11. The zero-order chi connectivity index (χ0) is 18.3. The van der Waals surface area contributed by atoms with Gasteiger partial charge in [0.1, 0.15) is 0 Å². The van der Waals surface area contributed by atoms with Gasteiger partial charge in [0.15, 0.2) is 0 Å². The lowest BCUT2D eigenvalue weighted by Gasteiger charge is -2.59. The number of hydrogen-bond donors (Lipinski definition) is 3. The van der Waals surface area contributed by atoms with Crippen molar-refractivity contribution < 1.29 is 20.1 Å². The molecule has 6 atom stereocenters. The zero-order valence-corrected chi connectivity index (χ0v) is 15.7. The van der Waals surface area contributed by atoms with Gasteiger partial charge in [0, 0.05) is 6.42 Å². The van der Waals surface area contributed by atoms with Crippen LogP contribution in [-0.2, 0) is 4.79 Å². The number of allylic oxidation sites excluding steroid dienone is 2. The summed E-state index contributed by atoms with van der Waals surface area (Å²) in [5, 5.41) is 29.9. The molecule has 1 fully saturated rings. The van der Waals surface area contributed by atoms with Crippen molar-refractivity contribution in [3.8, 4) is 0 Å². The summed E-state index contributed by atoms with van der Waals surface area (Å²) < 4.78 is 0. The molecule has 0 radical (unpaired) electrons. The van der Waals surface area contributed by atoms with E-state index in [1.165, 1.54) is 5.57 Å². The van der Waals surface area contributed by atoms with Gasteiger partial charge in [-0.3, -0.25) is 4.79 Å². The first-order valence-electron chi connectivity index (χ1n) is 9.24. The van der Waals surface area contributed by atoms with Crippen LogP contribution in [0.2, 0.25) is 0 Å². The lowest BCUT2D eigenvalue weighted by molar-refractivity contribution is -0.174. The van der Waals surface area contributed by atoms with E-state index in [1.807, 2.05) is 6.92 Å². The highest BCUT2D eigenvalue weighted by Crippen LogP contribution is 2.60. The highest BCUT2D eigenvalue weighted by atomic mass is 16.4. The maximum Gasteiger partial charge on any atom is 0.303 e. The first-order chi connectivity index (χ1) is 11.0. The summed E-state index contributed by atoms with van der Waals surface area (Å²) in [7, 11) is 0. The SMILES string of the molecule is CC1=CCC2C(C)(C)C(O)C(O)CC2(C)C1CCC(C)CC(=O)O. The first-order valence-corrected chi connectivity index (χ1v) is 9.24. The van der Waals surface area contributed by atoms with E-state index in [2.05, 4.69) is 33.8 Å². The van der Waals surface area contributed by atoms with Gasteiger partial charge in [-0.2, -0.15) is 0 Å². The molecule has 2 rings (SSSR count). The number of carbonyl (C=O) groups is 1. The zero-order valence-electron chi connectivity index (χ0n) is 15.7. The quantitative estimate of drug-likeness (QED) is 0.669. The molecule has 4 nitrogen and oxygen atoms in total. The van der Waals surface area contributed by atoms with E-state index in [9.17, 15) is 15.0 Å². The predicted molar refractivity (Wildman–Crippen MR) is 94.5 cm³/mol. The molecule has 4 heteroatoms. The van der Waals surface area contributed by atoms with Crippen LogP contribution in [0.1, 0.15) is 66.7 Å². The van der Waals surface area contributed by atoms with E-state index < -0.39 is 18.2 Å². The Labute approximate surface area is 146 Å². The molecule has 6 unspecified atom stereocenters. The van der Waals surface area contributed by atoms with Crippen molar-refractivity contribution >= 4 is 5.97 Å². The number of carboxylic acids is 1. The lowest BCUT2D eigenvalue weighted by Crippen LogP contribution is -2.59. The van der Waals surface area contributed by atoms with Crippen LogP contribution in [0.25, 0.3) is 0 Å². The van der Waals surface area contributed by atoms with Gasteiger partial charge in [-0.1, -0.05) is 39.3 Å². The summed E-state index contributed by atoms with van der Waals surface area (Å²) in [6.07, 6.45) is 4.52. The Morgan fingerprint density at radius 1 is 1.33 bits per heavy atom. The Balaban J connectivity index is 2.22. The summed E-state index contributed by atoms with van der Waals surface area (Å²) >= 11 is 0. The Bertz CT molecular complexity index is 510. The van der Waals surface area contributed by atoms with E-state index >= 15 is 0 Å². The molecule has 2 aliphatic rings. The van der Waals surface area contributed by atoms with E-state index in [-0.39, 0.29) is 23.2 Å². The Hall–Kier alpha value is -0.870. The number of aliphatic hydroxyl groups is 2. The van der Waals surface area contributed by atoms with Gasteiger partial charge in [-0.05, 0) is 61.2 Å². The summed E-state index contributed by atoms with van der Waals surface area (Å²) in [6.45, 7) is 10.6. The van der Waals surface area contributed by atoms with E-state index in [4.69, 9.17) is 5.11 Å². The molecule has 24 heavy (non-hydrogen) atoms. The maximum absolute atomic E-state index is 10.9. The topological polar surface area (TPSA) is 77.8 Å². The number of aliphatic hydroxyl groups excluding tert-OH is 2. The van der Waals surface area contributed by atoms with Gasteiger partial charge in [0.25, 0.3) is 0 Å². The van der Waals surface area contributed by atoms with Gasteiger partial charge in [-0.25, -0.2) is 0 Å². The van der Waals surface area contributed by atoms with E-state index in [0.29, 0.717) is 18.3 Å². The van der Waals surface area contributed by atoms with Crippen molar-refractivity contribution in [1.29, 1.82) is 0 Å². The van der Waals surface area contributed by atoms with Crippen LogP contribution >= 0.6 is 0 Å². The lowest BCUT2D eigenvalue weighted by atomic mass is 9.46. The third-order valence-electron chi connectivity index (χ3n) is 6.96. The predicted octanol–water partition coefficient (Wildman–Crippen LogP) is 3.62. The minimum absolute atomic E-state index is 0.0517. The molecule has 0 heterocycles. The van der Waals surface area contributed by atoms with Crippen LogP contribution in [0.4, 0.5) is 0 Å². The Morgan fingerprint density at radius 3 is 2.54 bits per heavy atom. The van der Waals surface area contributed by atoms with Gasteiger partial charge in [-0.15, -0.1) is 0 Å². The number of carboxylic acid groups (broad SMARTS) is 1. The number of aliphatic carboxylic acids is 1. The fraction of sp³-hybridized carbons (Fsp3) is 0.850. The molecule has 138 valence electrons. The third-order valence-corrected chi connectivity index (χ3v) is 6.96. The monoisotopic (exact) mass is 338 g/mol. The maximum atomic E-state index is 10.9. The third kappa shape index (κ3) is 3.41. The summed E-state index contributed by atoms with van der Waals surface area (Å²) in [4.78, 5) is 10.9. The average Bonchev–Trinajstić information content (AvgIpc) is 2.43. The van der Waals surface area contributed by atoms with Crippen molar-refractivity contribution in [3.63, 3.8) is 0 Å². The largest absolute Gasteiger partial charge is 0.481 e. The summed E-state index contributed by atoms with van der Waals surface area (Å²) in [5.74, 6) is 0.0898. The molecule has 0 aliphatic heterocycles. The van der Waals surface area contributed by atoms with Crippen LogP contribution in [0.5, 0.6) is 0 Å². The standard InChI is InChI=1S/C20H34O4/c1-12(10-17(22)23)6-8-14-13(2)7-9-16-19(3,4)18(24)15(21)11-20(14,16)5/h7,12,14-16,18,21,24H,6,8-11H2,1-5H3,(H,22,23). The van der Waals surface area contributed by atoms with Gasteiger partial charge < -0.3 is 15.3 Å². The van der Waals surface area contributed by atoms with E-state index in [1.54, 1.807) is 0 Å². The molecule has 1 saturated carbocycles. The molecule has 0 amide bonds. The molecule has 0 aromatic rings. The van der Waals surface area contributed by atoms with Crippen molar-refractivity contribution in [1.82, 2.24) is 0 Å². The van der Waals surface area contributed by atoms with Gasteiger partial charge in [0.2, 0.25) is 0 Å². The van der Waals surface area contributed by atoms with Crippen molar-refractivity contribution in [3.05, 3.63) is 11.6 Å². The van der Waals surface area contributed by atoms with Crippen molar-refractivity contribution in [2.24, 2.45) is 28.6 Å². The molecule has 0 aromatic heterocycles. The minimum atomic E-state index is -0.736. The highest BCUT2D eigenvalue weighted by molar-refractivity contribution is 5.66. The molecule has 0 saturated heterocycles. The van der Waals surface area contributed by atoms with Gasteiger partial charge in [0.05, 0.1) is 12.2 Å². The Morgan fingerprint density at radius 2 is 1.96 bits per heavy atom. The molecule has 2 aliphatic carbocycles. The summed E-state index contributed by atoms with van der Waals surface area (Å²) in [6, 6.07) is 0. The van der Waals surface area contributed by atoms with Crippen molar-refractivity contribution in [2.75, 3.05) is 0 Å². The highest BCUT2D eigenvalue weighted by Gasteiger charge is 2.57. The first kappa shape index (κ1) is 19.5. The molecule has 0 bridgehead atoms. The van der Waals surface area contributed by atoms with Crippen LogP contribution in [0, 0.1) is 28.6 Å². The molecule has 3 N–H and O–H groups in total. The van der Waals surface area contributed by atoms with Crippen LogP contribution < -0.4 is 0 Å². The minimum Gasteiger partial charge on any atom is -0.481 e. The molecule has 0 spiro atoms. The normalized spacial score (nSPS) is 39.7. The second-order valence-corrected chi connectivity index (χ2v) is 9.11. The van der Waals surface area contributed by atoms with Gasteiger partial charge >= 0.3 is 5.97 Å². The van der Waals surface area contributed by atoms with E-state index in [0.717, 1.165) is 19.3 Å². The van der Waals surface area contributed by atoms with Crippen LogP contribution in [0.15, 0.2) is 11.6 Å². The second kappa shape index (κ2) is 6.80.